The first-order chi connectivity index (χ1) is 19.9. The molecule has 13 nitrogen and oxygen atoms in total. The predicted molar refractivity (Wildman–Crippen MR) is 148 cm³/mol. The molecule has 2 aromatic carbocycles. The van der Waals surface area contributed by atoms with Gasteiger partial charge in [0.2, 0.25) is 11.9 Å². The third-order valence-corrected chi connectivity index (χ3v) is 5.59. The normalized spacial score (nSPS) is 11.7. The maximum atomic E-state index is 12.7. The zero-order valence-electron chi connectivity index (χ0n) is 21.8. The van der Waals surface area contributed by atoms with E-state index in [0.717, 1.165) is 5.56 Å². The number of ether oxygens (including phenoxy) is 1. The van der Waals surface area contributed by atoms with E-state index in [2.05, 4.69) is 36.2 Å². The number of aromatic nitrogens is 3. The van der Waals surface area contributed by atoms with Gasteiger partial charge in [-0.1, -0.05) is 23.7 Å². The van der Waals surface area contributed by atoms with E-state index in [1.165, 1.54) is 24.3 Å². The van der Waals surface area contributed by atoms with Gasteiger partial charge >= 0.3 is 18.2 Å². The molecule has 0 aliphatic rings. The van der Waals surface area contributed by atoms with Gasteiger partial charge in [0.25, 0.3) is 5.91 Å². The van der Waals surface area contributed by atoms with Crippen molar-refractivity contribution in [3.05, 3.63) is 64.7 Å². The van der Waals surface area contributed by atoms with Gasteiger partial charge in [-0.2, -0.15) is 28.1 Å². The minimum Gasteiger partial charge on any atom is -0.480 e. The number of anilines is 3. The van der Waals surface area contributed by atoms with Crippen LogP contribution in [0.1, 0.15) is 28.8 Å². The van der Waals surface area contributed by atoms with E-state index in [-0.39, 0.29) is 42.9 Å². The standard InChI is InChI=1S/C25H27ClF3N9O4/c26-16-7-3-14(4-8-16)12-33-22-36-23(38-24(37-22)42-13-25(27,28)29)34-17-9-5-15(6-10-17)19(39)35-18(20(40)41)2-1-11-32-21(30)31/h3-10,18H,1-2,11-13H2,(H,35,39)(H,40,41)(H4,30,31,32)(H2,33,34,36,37,38)/t18-/m1/s1. The second-order valence-corrected chi connectivity index (χ2v) is 9.13. The molecule has 3 aromatic rings. The molecule has 0 unspecified atom stereocenters. The summed E-state index contributed by atoms with van der Waals surface area (Å²) in [7, 11) is 0. The van der Waals surface area contributed by atoms with Gasteiger partial charge in [0.1, 0.15) is 6.04 Å². The minimum absolute atomic E-state index is 0.0613. The van der Waals surface area contributed by atoms with Crippen molar-refractivity contribution in [3.8, 4) is 6.01 Å². The van der Waals surface area contributed by atoms with E-state index in [0.29, 0.717) is 17.1 Å². The Bertz CT molecular complexity index is 1380. The second-order valence-electron chi connectivity index (χ2n) is 8.70. The summed E-state index contributed by atoms with van der Waals surface area (Å²) in [5.74, 6) is -2.29. The average molecular weight is 610 g/mol. The lowest BCUT2D eigenvalue weighted by Gasteiger charge is -2.15. The molecule has 0 bridgehead atoms. The van der Waals surface area contributed by atoms with Crippen molar-refractivity contribution in [2.45, 2.75) is 31.6 Å². The lowest BCUT2D eigenvalue weighted by Crippen LogP contribution is -2.41. The van der Waals surface area contributed by atoms with Gasteiger partial charge in [0, 0.05) is 29.4 Å². The number of guanidine groups is 1. The van der Waals surface area contributed by atoms with Crippen LogP contribution in [0.4, 0.5) is 30.8 Å². The highest BCUT2D eigenvalue weighted by Crippen LogP contribution is 2.21. The third kappa shape index (κ3) is 11.0. The fourth-order valence-corrected chi connectivity index (χ4v) is 3.47. The SMILES string of the molecule is N=C(N)NCCC[C@@H](NC(=O)c1ccc(Nc2nc(NCc3ccc(Cl)cc3)nc(OCC(F)(F)F)n2)cc1)C(=O)O. The molecule has 0 spiro atoms. The zero-order chi connectivity index (χ0) is 30.7. The third-order valence-electron chi connectivity index (χ3n) is 5.34. The molecule has 0 fully saturated rings. The van der Waals surface area contributed by atoms with Crippen LogP contribution in [-0.2, 0) is 11.3 Å². The number of alkyl halides is 3. The largest absolute Gasteiger partial charge is 0.480 e. The first-order valence-corrected chi connectivity index (χ1v) is 12.7. The zero-order valence-corrected chi connectivity index (χ0v) is 22.6. The second kappa shape index (κ2) is 14.7. The molecule has 1 heterocycles. The van der Waals surface area contributed by atoms with Crippen LogP contribution in [0.25, 0.3) is 0 Å². The van der Waals surface area contributed by atoms with Crippen molar-refractivity contribution >= 4 is 47.0 Å². The Morgan fingerprint density at radius 3 is 2.33 bits per heavy atom. The molecule has 0 saturated heterocycles. The summed E-state index contributed by atoms with van der Waals surface area (Å²) in [5.41, 5.74) is 6.52. The summed E-state index contributed by atoms with van der Waals surface area (Å²) in [6.07, 6.45) is -4.16. The molecular formula is C25H27ClF3N9O4. The number of halogens is 4. The number of nitrogens with one attached hydrogen (secondary N) is 5. The van der Waals surface area contributed by atoms with Crippen LogP contribution in [0, 0.1) is 5.41 Å². The molecule has 17 heteroatoms. The molecule has 3 rings (SSSR count). The Kier molecular flexibility index (Phi) is 11.1. The van der Waals surface area contributed by atoms with E-state index in [9.17, 15) is 27.9 Å². The smallest absolute Gasteiger partial charge is 0.422 e. The summed E-state index contributed by atoms with van der Waals surface area (Å²) >= 11 is 5.89. The van der Waals surface area contributed by atoms with Crippen LogP contribution in [0.5, 0.6) is 6.01 Å². The number of aliphatic carboxylic acids is 1. The number of carboxylic acids is 1. The van der Waals surface area contributed by atoms with E-state index < -0.39 is 36.7 Å². The van der Waals surface area contributed by atoms with Gasteiger partial charge in [-0.15, -0.1) is 0 Å². The highest BCUT2D eigenvalue weighted by atomic mass is 35.5. The van der Waals surface area contributed by atoms with Gasteiger partial charge < -0.3 is 36.8 Å². The minimum atomic E-state index is -4.61. The molecule has 0 saturated carbocycles. The monoisotopic (exact) mass is 609 g/mol. The van der Waals surface area contributed by atoms with Crippen molar-refractivity contribution in [2.75, 3.05) is 23.8 Å². The van der Waals surface area contributed by atoms with Crippen LogP contribution < -0.4 is 31.7 Å². The number of nitrogens with zero attached hydrogens (tertiary/aromatic N) is 3. The number of hydrogen-bond acceptors (Lipinski definition) is 9. The number of benzene rings is 2. The fourth-order valence-electron chi connectivity index (χ4n) is 3.35. The number of rotatable bonds is 14. The Hall–Kier alpha value is -4.86. The van der Waals surface area contributed by atoms with Crippen LogP contribution in [0.2, 0.25) is 5.02 Å². The number of carboxylic acid groups (broad SMARTS) is 1. The lowest BCUT2D eigenvalue weighted by molar-refractivity contribution is -0.154. The van der Waals surface area contributed by atoms with E-state index in [1.807, 2.05) is 0 Å². The summed E-state index contributed by atoms with van der Waals surface area (Å²) in [6, 6.07) is 10.9. The molecule has 0 aliphatic heterocycles. The van der Waals surface area contributed by atoms with Gasteiger partial charge in [-0.3, -0.25) is 10.2 Å². The summed E-state index contributed by atoms with van der Waals surface area (Å²) in [5, 5.41) is 27.8. The number of amides is 1. The molecule has 42 heavy (non-hydrogen) atoms. The van der Waals surface area contributed by atoms with Crippen LogP contribution in [0.3, 0.4) is 0 Å². The van der Waals surface area contributed by atoms with Crippen molar-refractivity contribution < 1.29 is 32.6 Å². The van der Waals surface area contributed by atoms with E-state index in [1.54, 1.807) is 24.3 Å². The topological polar surface area (TPSA) is 200 Å². The van der Waals surface area contributed by atoms with Crippen molar-refractivity contribution in [3.63, 3.8) is 0 Å². The number of nitrogens with two attached hydrogens (primary N) is 1. The van der Waals surface area contributed by atoms with Gasteiger partial charge in [0.15, 0.2) is 12.6 Å². The maximum Gasteiger partial charge on any atom is 0.422 e. The molecule has 8 N–H and O–H groups in total. The van der Waals surface area contributed by atoms with E-state index in [4.69, 9.17) is 27.5 Å². The predicted octanol–water partition coefficient (Wildman–Crippen LogP) is 3.27. The molecule has 0 radical (unpaired) electrons. The Morgan fingerprint density at radius 1 is 1.05 bits per heavy atom. The van der Waals surface area contributed by atoms with Gasteiger partial charge in [-0.05, 0) is 54.8 Å². The van der Waals surface area contributed by atoms with Gasteiger partial charge in [0.05, 0.1) is 0 Å². The highest BCUT2D eigenvalue weighted by molar-refractivity contribution is 6.30. The van der Waals surface area contributed by atoms with Crippen LogP contribution in [0.15, 0.2) is 48.5 Å². The Balaban J connectivity index is 1.68. The quantitative estimate of drug-likeness (QED) is 0.0803. The van der Waals surface area contributed by atoms with Gasteiger partial charge in [-0.25, -0.2) is 4.79 Å². The fraction of sp³-hybridized carbons (Fsp3) is 0.280. The summed E-state index contributed by atoms with van der Waals surface area (Å²) in [4.78, 5) is 36.1. The Labute approximate surface area is 242 Å². The molecular weight excluding hydrogens is 583 g/mol. The van der Waals surface area contributed by atoms with E-state index >= 15 is 0 Å². The van der Waals surface area contributed by atoms with Crippen molar-refractivity contribution in [1.29, 1.82) is 5.41 Å². The molecule has 1 aromatic heterocycles. The highest BCUT2D eigenvalue weighted by Gasteiger charge is 2.29. The van der Waals surface area contributed by atoms with Crippen molar-refractivity contribution in [2.24, 2.45) is 5.73 Å². The molecule has 0 aliphatic carbocycles. The van der Waals surface area contributed by atoms with Crippen LogP contribution >= 0.6 is 11.6 Å². The first-order valence-electron chi connectivity index (χ1n) is 12.3. The number of hydrogen-bond donors (Lipinski definition) is 7. The molecule has 1 atom stereocenters. The Morgan fingerprint density at radius 2 is 1.71 bits per heavy atom. The summed E-state index contributed by atoms with van der Waals surface area (Å²) in [6.45, 7) is -1.11. The lowest BCUT2D eigenvalue weighted by atomic mass is 10.1. The maximum absolute atomic E-state index is 12.7. The molecule has 1 amide bonds. The van der Waals surface area contributed by atoms with Crippen LogP contribution in [-0.4, -0.2) is 63.3 Å². The number of carbonyl (C=O) groups is 2. The first kappa shape index (κ1) is 31.7. The number of carbonyl (C=O) groups excluding carboxylic acids is 1. The average Bonchev–Trinajstić information content (AvgIpc) is 2.93. The summed E-state index contributed by atoms with van der Waals surface area (Å²) < 4.78 is 42.8. The molecule has 224 valence electrons. The van der Waals surface area contributed by atoms with Crippen molar-refractivity contribution in [1.82, 2.24) is 25.6 Å².